The van der Waals surface area contributed by atoms with Crippen LogP contribution in [0.3, 0.4) is 0 Å². The molecular formula is C11H7ClN4O3. The number of rotatable bonds is 1. The van der Waals surface area contributed by atoms with Gasteiger partial charge in [0.1, 0.15) is 0 Å². The van der Waals surface area contributed by atoms with E-state index in [1.165, 1.54) is 7.05 Å². The number of H-pyrrole nitrogens is 1. The van der Waals surface area contributed by atoms with Crippen molar-refractivity contribution in [2.75, 3.05) is 0 Å². The van der Waals surface area contributed by atoms with Crippen molar-refractivity contribution in [1.82, 2.24) is 14.8 Å². The van der Waals surface area contributed by atoms with Crippen LogP contribution in [0.15, 0.2) is 23.0 Å². The molecule has 0 unspecified atom stereocenters. The van der Waals surface area contributed by atoms with E-state index in [1.807, 2.05) is 0 Å². The van der Waals surface area contributed by atoms with Gasteiger partial charge in [-0.15, -0.1) is 4.68 Å². The minimum absolute atomic E-state index is 0.116. The lowest BCUT2D eigenvalue weighted by Gasteiger charge is -1.96. The van der Waals surface area contributed by atoms with Crippen LogP contribution in [-0.2, 0) is 7.05 Å². The molecule has 2 heterocycles. The highest BCUT2D eigenvalue weighted by molar-refractivity contribution is 6.31. The van der Waals surface area contributed by atoms with Gasteiger partial charge >= 0.3 is 5.82 Å². The van der Waals surface area contributed by atoms with Crippen LogP contribution in [0.1, 0.15) is 0 Å². The topological polar surface area (TPSA) is 93.8 Å². The number of fused-ring (bicyclic) bond motifs is 3. The molecule has 0 atom stereocenters. The van der Waals surface area contributed by atoms with Gasteiger partial charge in [0.05, 0.1) is 17.5 Å². The highest BCUT2D eigenvalue weighted by atomic mass is 35.5. The molecule has 0 amide bonds. The second kappa shape index (κ2) is 3.79. The number of aryl methyl sites for hydroxylation is 1. The summed E-state index contributed by atoms with van der Waals surface area (Å²) in [6.07, 6.45) is 0. The number of hydrogen-bond acceptors (Lipinski definition) is 4. The maximum atomic E-state index is 12.1. The van der Waals surface area contributed by atoms with Gasteiger partial charge in [-0.3, -0.25) is 4.79 Å². The zero-order chi connectivity index (χ0) is 13.7. The van der Waals surface area contributed by atoms with E-state index < -0.39 is 10.5 Å². The highest BCUT2D eigenvalue weighted by Gasteiger charge is 2.22. The molecule has 0 aliphatic carbocycles. The summed E-state index contributed by atoms with van der Waals surface area (Å²) in [7, 11) is 1.37. The Bertz CT molecular complexity index is 896. The number of nitrogens with one attached hydrogen (secondary N) is 1. The molecule has 2 aromatic heterocycles. The zero-order valence-electron chi connectivity index (χ0n) is 9.68. The highest BCUT2D eigenvalue weighted by Crippen LogP contribution is 2.29. The fourth-order valence-electron chi connectivity index (χ4n) is 2.08. The monoisotopic (exact) mass is 278 g/mol. The Morgan fingerprint density at radius 1 is 1.47 bits per heavy atom. The number of aromatic amines is 1. The van der Waals surface area contributed by atoms with Crippen LogP contribution in [0.2, 0.25) is 5.02 Å². The van der Waals surface area contributed by atoms with Crippen molar-refractivity contribution in [3.05, 3.63) is 43.7 Å². The maximum Gasteiger partial charge on any atom is 0.412 e. The van der Waals surface area contributed by atoms with Gasteiger partial charge in [-0.25, -0.2) is 0 Å². The molecule has 3 rings (SSSR count). The van der Waals surface area contributed by atoms with Gasteiger partial charge in [0, 0.05) is 15.9 Å². The Kier molecular flexibility index (Phi) is 2.33. The number of nitrogens with zero attached hydrogens (tertiary/aromatic N) is 3. The molecule has 0 fully saturated rings. The zero-order valence-corrected chi connectivity index (χ0v) is 10.4. The van der Waals surface area contributed by atoms with E-state index in [-0.39, 0.29) is 16.7 Å². The van der Waals surface area contributed by atoms with E-state index in [0.717, 1.165) is 4.68 Å². The van der Waals surface area contributed by atoms with E-state index >= 15 is 0 Å². The molecule has 0 aliphatic heterocycles. The summed E-state index contributed by atoms with van der Waals surface area (Å²) in [6, 6.07) is 4.91. The summed E-state index contributed by atoms with van der Waals surface area (Å²) in [5.74, 6) is -0.385. The molecule has 0 radical (unpaired) electrons. The first-order valence-electron chi connectivity index (χ1n) is 5.31. The van der Waals surface area contributed by atoms with Crippen molar-refractivity contribution in [2.45, 2.75) is 0 Å². The van der Waals surface area contributed by atoms with Gasteiger partial charge in [-0.1, -0.05) is 11.6 Å². The minimum atomic E-state index is -0.626. The fourth-order valence-corrected chi connectivity index (χ4v) is 2.25. The molecule has 3 aromatic rings. The van der Waals surface area contributed by atoms with Crippen molar-refractivity contribution in [3.8, 4) is 0 Å². The largest absolute Gasteiger partial charge is 0.412 e. The summed E-state index contributed by atoms with van der Waals surface area (Å²) in [5, 5.41) is 15.9. The maximum absolute atomic E-state index is 12.1. The third kappa shape index (κ3) is 1.59. The molecule has 0 bridgehead atoms. The number of hydrogen-bond donors (Lipinski definition) is 1. The van der Waals surface area contributed by atoms with Crippen LogP contribution in [0.4, 0.5) is 5.82 Å². The molecule has 96 valence electrons. The average Bonchev–Trinajstić information content (AvgIpc) is 2.72. The lowest BCUT2D eigenvalue weighted by atomic mass is 10.2. The van der Waals surface area contributed by atoms with Crippen molar-refractivity contribution in [1.29, 1.82) is 0 Å². The van der Waals surface area contributed by atoms with E-state index in [2.05, 4.69) is 10.1 Å². The Morgan fingerprint density at radius 3 is 2.89 bits per heavy atom. The first kappa shape index (κ1) is 11.7. The average molecular weight is 279 g/mol. The van der Waals surface area contributed by atoms with Crippen LogP contribution < -0.4 is 5.56 Å². The second-order valence-electron chi connectivity index (χ2n) is 4.07. The third-order valence-corrected chi connectivity index (χ3v) is 3.14. The molecule has 19 heavy (non-hydrogen) atoms. The van der Waals surface area contributed by atoms with E-state index in [9.17, 15) is 14.9 Å². The molecule has 0 spiro atoms. The Hall–Kier alpha value is -2.41. The van der Waals surface area contributed by atoms with Crippen molar-refractivity contribution < 1.29 is 4.92 Å². The van der Waals surface area contributed by atoms with Crippen molar-refractivity contribution >= 4 is 39.2 Å². The molecule has 0 aliphatic rings. The summed E-state index contributed by atoms with van der Waals surface area (Å²) in [6.45, 7) is 0. The van der Waals surface area contributed by atoms with Crippen LogP contribution in [0.5, 0.6) is 0 Å². The number of benzene rings is 1. The second-order valence-corrected chi connectivity index (χ2v) is 4.51. The van der Waals surface area contributed by atoms with Gasteiger partial charge in [0.15, 0.2) is 5.52 Å². The van der Waals surface area contributed by atoms with E-state index in [4.69, 9.17) is 11.6 Å². The van der Waals surface area contributed by atoms with E-state index in [0.29, 0.717) is 15.9 Å². The summed E-state index contributed by atoms with van der Waals surface area (Å²) in [5.41, 5.74) is 0.312. The van der Waals surface area contributed by atoms with Gasteiger partial charge in [0.25, 0.3) is 5.56 Å². The molecule has 0 saturated heterocycles. The van der Waals surface area contributed by atoms with Gasteiger partial charge < -0.3 is 15.1 Å². The van der Waals surface area contributed by atoms with Crippen LogP contribution in [0, 0.1) is 10.1 Å². The molecule has 8 heteroatoms. The van der Waals surface area contributed by atoms with Crippen LogP contribution >= 0.6 is 11.6 Å². The first-order valence-corrected chi connectivity index (χ1v) is 5.69. The van der Waals surface area contributed by atoms with Gasteiger partial charge in [0.2, 0.25) is 0 Å². The molecule has 1 aromatic carbocycles. The lowest BCUT2D eigenvalue weighted by molar-refractivity contribution is -0.388. The first-order chi connectivity index (χ1) is 8.99. The SMILES string of the molecule is Cn1nc([N+](=O)[O-])c2[nH]c3ccc(Cl)cc3c2c1=O. The number of nitro groups is 1. The Balaban J connectivity index is 2.64. The predicted octanol–water partition coefficient (Wildman–Crippen LogP) is 1.98. The molecule has 7 nitrogen and oxygen atoms in total. The summed E-state index contributed by atoms with van der Waals surface area (Å²) < 4.78 is 0.953. The minimum Gasteiger partial charge on any atom is -0.358 e. The van der Waals surface area contributed by atoms with Gasteiger partial charge in [-0.05, 0) is 23.1 Å². The normalized spacial score (nSPS) is 11.3. The number of aromatic nitrogens is 3. The molecule has 1 N–H and O–H groups in total. The predicted molar refractivity (Wildman–Crippen MR) is 70.5 cm³/mol. The fraction of sp³-hybridized carbons (Fsp3) is 0.0909. The molecular weight excluding hydrogens is 272 g/mol. The van der Waals surface area contributed by atoms with Crippen molar-refractivity contribution in [2.24, 2.45) is 7.05 Å². The third-order valence-electron chi connectivity index (χ3n) is 2.91. The standard InChI is InChI=1S/C11H7ClN4O3/c1-15-11(17)8-6-4-5(12)2-3-7(6)13-9(8)10(14-15)16(18)19/h2-4,13H,1H3. The van der Waals surface area contributed by atoms with E-state index in [1.54, 1.807) is 18.2 Å². The lowest BCUT2D eigenvalue weighted by Crippen LogP contribution is -2.20. The number of halogens is 1. The quantitative estimate of drug-likeness (QED) is 0.544. The summed E-state index contributed by atoms with van der Waals surface area (Å²) in [4.78, 5) is 25.3. The van der Waals surface area contributed by atoms with Crippen molar-refractivity contribution in [3.63, 3.8) is 0 Å². The van der Waals surface area contributed by atoms with Crippen LogP contribution in [-0.4, -0.2) is 19.7 Å². The Labute approximate surface area is 110 Å². The smallest absolute Gasteiger partial charge is 0.358 e. The van der Waals surface area contributed by atoms with Gasteiger partial charge in [-0.2, -0.15) is 0 Å². The Morgan fingerprint density at radius 2 is 2.21 bits per heavy atom. The van der Waals surface area contributed by atoms with Crippen LogP contribution in [0.25, 0.3) is 21.8 Å². The molecule has 0 saturated carbocycles. The summed E-state index contributed by atoms with van der Waals surface area (Å²) >= 11 is 5.90.